The van der Waals surface area contributed by atoms with Crippen LogP contribution in [-0.4, -0.2) is 5.97 Å². The highest BCUT2D eigenvalue weighted by Gasteiger charge is 2.14. The van der Waals surface area contributed by atoms with Crippen LogP contribution in [0.5, 0.6) is 5.75 Å². The number of benzene rings is 2. The summed E-state index contributed by atoms with van der Waals surface area (Å²) in [6.07, 6.45) is 0. The summed E-state index contributed by atoms with van der Waals surface area (Å²) in [4.78, 5) is 23.6. The second-order valence-electron chi connectivity index (χ2n) is 4.92. The Morgan fingerprint density at radius 2 is 1.96 bits per heavy atom. The Morgan fingerprint density at radius 3 is 2.70 bits per heavy atom. The first-order valence-electron chi connectivity index (χ1n) is 6.66. The van der Waals surface area contributed by atoms with Crippen molar-refractivity contribution in [3.8, 4) is 5.75 Å². The second-order valence-corrected chi connectivity index (χ2v) is 6.08. The summed E-state index contributed by atoms with van der Waals surface area (Å²) < 4.78 is 23.9. The van der Waals surface area contributed by atoms with E-state index < -0.39 is 17.4 Å². The number of aryl methyl sites for hydroxylation is 1. The van der Waals surface area contributed by atoms with Gasteiger partial charge in [-0.1, -0.05) is 0 Å². The van der Waals surface area contributed by atoms with Gasteiger partial charge in [-0.05, 0) is 65.4 Å². The van der Waals surface area contributed by atoms with Gasteiger partial charge in [0.2, 0.25) is 0 Å². The number of ether oxygens (including phenoxy) is 1. The Hall–Kier alpha value is -2.22. The SMILES string of the molecule is Cc1cc(=O)oc2cc(OC(=O)c3ccc(F)cc3I)ccc12. The Morgan fingerprint density at radius 1 is 1.17 bits per heavy atom. The number of esters is 1. The molecule has 0 spiro atoms. The third kappa shape index (κ3) is 3.26. The Balaban J connectivity index is 1.95. The summed E-state index contributed by atoms with van der Waals surface area (Å²) in [6.45, 7) is 1.80. The normalized spacial score (nSPS) is 10.7. The van der Waals surface area contributed by atoms with Crippen molar-refractivity contribution in [2.45, 2.75) is 6.92 Å². The number of hydrogen-bond acceptors (Lipinski definition) is 4. The van der Waals surface area contributed by atoms with E-state index in [1.807, 2.05) is 22.6 Å². The standard InChI is InChI=1S/C17H10FIO4/c1-9-6-16(20)23-15-8-11(3-5-12(9)15)22-17(21)13-4-2-10(18)7-14(13)19/h2-8H,1H3. The molecule has 0 aliphatic heterocycles. The first-order valence-corrected chi connectivity index (χ1v) is 7.73. The first-order chi connectivity index (χ1) is 10.9. The van der Waals surface area contributed by atoms with E-state index in [2.05, 4.69) is 0 Å². The highest BCUT2D eigenvalue weighted by Crippen LogP contribution is 2.23. The third-order valence-electron chi connectivity index (χ3n) is 3.28. The molecule has 23 heavy (non-hydrogen) atoms. The van der Waals surface area contributed by atoms with Crippen LogP contribution in [0.25, 0.3) is 11.0 Å². The largest absolute Gasteiger partial charge is 0.423 e. The zero-order valence-corrected chi connectivity index (χ0v) is 14.1. The van der Waals surface area contributed by atoms with Gasteiger partial charge in [0.1, 0.15) is 17.1 Å². The number of hydrogen-bond donors (Lipinski definition) is 0. The summed E-state index contributed by atoms with van der Waals surface area (Å²) in [5, 5.41) is 0.765. The average molecular weight is 424 g/mol. The van der Waals surface area contributed by atoms with Crippen molar-refractivity contribution in [1.82, 2.24) is 0 Å². The van der Waals surface area contributed by atoms with E-state index >= 15 is 0 Å². The van der Waals surface area contributed by atoms with Crippen molar-refractivity contribution >= 4 is 39.5 Å². The number of fused-ring (bicyclic) bond motifs is 1. The van der Waals surface area contributed by atoms with Crippen molar-refractivity contribution in [2.75, 3.05) is 0 Å². The van der Waals surface area contributed by atoms with Crippen LogP contribution in [0.15, 0.2) is 51.7 Å². The van der Waals surface area contributed by atoms with Gasteiger partial charge in [0, 0.05) is 21.1 Å². The van der Waals surface area contributed by atoms with Gasteiger partial charge in [-0.25, -0.2) is 14.0 Å². The summed E-state index contributed by atoms with van der Waals surface area (Å²) >= 11 is 1.87. The van der Waals surface area contributed by atoms with E-state index in [1.165, 1.54) is 30.3 Å². The lowest BCUT2D eigenvalue weighted by molar-refractivity contribution is 0.0734. The van der Waals surface area contributed by atoms with Crippen LogP contribution < -0.4 is 10.4 Å². The fraction of sp³-hybridized carbons (Fsp3) is 0.0588. The molecule has 0 saturated heterocycles. The van der Waals surface area contributed by atoms with E-state index in [-0.39, 0.29) is 11.3 Å². The number of carbonyl (C=O) groups excluding carboxylic acids is 1. The molecule has 2 aromatic carbocycles. The summed E-state index contributed by atoms with van der Waals surface area (Å²) in [6, 6.07) is 10.0. The molecule has 6 heteroatoms. The van der Waals surface area contributed by atoms with Crippen molar-refractivity contribution in [1.29, 1.82) is 0 Å². The molecule has 3 rings (SSSR count). The summed E-state index contributed by atoms with van der Waals surface area (Å²) in [5.41, 5.74) is 0.917. The molecule has 3 aromatic rings. The van der Waals surface area contributed by atoms with Gasteiger partial charge >= 0.3 is 11.6 Å². The minimum absolute atomic E-state index is 0.247. The van der Waals surface area contributed by atoms with Crippen LogP contribution in [0.4, 0.5) is 4.39 Å². The van der Waals surface area contributed by atoms with Gasteiger partial charge in [-0.15, -0.1) is 0 Å². The van der Waals surface area contributed by atoms with Crippen molar-refractivity contribution in [3.63, 3.8) is 0 Å². The van der Waals surface area contributed by atoms with Crippen LogP contribution in [-0.2, 0) is 0 Å². The van der Waals surface area contributed by atoms with Crippen molar-refractivity contribution in [2.24, 2.45) is 0 Å². The molecular formula is C17H10FIO4. The van der Waals surface area contributed by atoms with Gasteiger partial charge in [0.25, 0.3) is 0 Å². The maximum atomic E-state index is 13.1. The lowest BCUT2D eigenvalue weighted by atomic mass is 10.1. The maximum absolute atomic E-state index is 13.1. The average Bonchev–Trinajstić information content (AvgIpc) is 2.46. The highest BCUT2D eigenvalue weighted by molar-refractivity contribution is 14.1. The van der Waals surface area contributed by atoms with Gasteiger partial charge < -0.3 is 9.15 Å². The summed E-state index contributed by atoms with van der Waals surface area (Å²) in [5.74, 6) is -0.783. The molecular weight excluding hydrogens is 414 g/mol. The molecule has 0 unspecified atom stereocenters. The molecule has 1 aromatic heterocycles. The monoisotopic (exact) mass is 424 g/mol. The fourth-order valence-electron chi connectivity index (χ4n) is 2.19. The molecule has 0 N–H and O–H groups in total. The number of rotatable bonds is 2. The second kappa shape index (κ2) is 6.11. The molecule has 0 aliphatic carbocycles. The molecule has 0 aliphatic rings. The molecule has 0 atom stereocenters. The topological polar surface area (TPSA) is 56.5 Å². The van der Waals surface area contributed by atoms with Crippen molar-refractivity contribution in [3.05, 3.63) is 73.4 Å². The quantitative estimate of drug-likeness (QED) is 0.270. The molecule has 1 heterocycles. The Labute approximate surface area is 144 Å². The zero-order valence-electron chi connectivity index (χ0n) is 11.9. The van der Waals surface area contributed by atoms with E-state index in [0.29, 0.717) is 9.15 Å². The predicted molar refractivity (Wildman–Crippen MR) is 91.3 cm³/mol. The Kier molecular flexibility index (Phi) is 4.16. The lowest BCUT2D eigenvalue weighted by Gasteiger charge is -2.07. The number of halogens is 2. The first kappa shape index (κ1) is 15.7. The van der Waals surface area contributed by atoms with Crippen LogP contribution in [0, 0.1) is 16.3 Å². The third-order valence-corrected chi connectivity index (χ3v) is 4.18. The van der Waals surface area contributed by atoms with Gasteiger partial charge in [-0.3, -0.25) is 0 Å². The minimum atomic E-state index is -0.608. The van der Waals surface area contributed by atoms with Gasteiger partial charge in [0.15, 0.2) is 0 Å². The zero-order chi connectivity index (χ0) is 16.6. The molecule has 0 bridgehead atoms. The van der Waals surface area contributed by atoms with Crippen LogP contribution in [0.3, 0.4) is 0 Å². The van der Waals surface area contributed by atoms with Crippen LogP contribution in [0.2, 0.25) is 0 Å². The number of carbonyl (C=O) groups is 1. The van der Waals surface area contributed by atoms with E-state index in [0.717, 1.165) is 10.9 Å². The van der Waals surface area contributed by atoms with E-state index in [4.69, 9.17) is 9.15 Å². The van der Waals surface area contributed by atoms with Crippen LogP contribution in [0.1, 0.15) is 15.9 Å². The van der Waals surface area contributed by atoms with Gasteiger partial charge in [-0.2, -0.15) is 0 Å². The molecule has 4 nitrogen and oxygen atoms in total. The molecule has 116 valence electrons. The summed E-state index contributed by atoms with van der Waals surface area (Å²) in [7, 11) is 0. The minimum Gasteiger partial charge on any atom is -0.423 e. The van der Waals surface area contributed by atoms with E-state index in [1.54, 1.807) is 19.1 Å². The van der Waals surface area contributed by atoms with Gasteiger partial charge in [0.05, 0.1) is 5.56 Å². The smallest absolute Gasteiger partial charge is 0.344 e. The molecule has 0 fully saturated rings. The lowest BCUT2D eigenvalue weighted by Crippen LogP contribution is -2.10. The molecule has 0 radical (unpaired) electrons. The molecule has 0 saturated carbocycles. The fourth-order valence-corrected chi connectivity index (χ4v) is 2.88. The molecule has 0 amide bonds. The van der Waals surface area contributed by atoms with Crippen molar-refractivity contribution < 1.29 is 18.3 Å². The van der Waals surface area contributed by atoms with Crippen LogP contribution >= 0.6 is 22.6 Å². The van der Waals surface area contributed by atoms with E-state index in [9.17, 15) is 14.0 Å². The Bertz CT molecular complexity index is 978. The maximum Gasteiger partial charge on any atom is 0.344 e. The predicted octanol–water partition coefficient (Wildman–Crippen LogP) is 4.06. The highest BCUT2D eigenvalue weighted by atomic mass is 127.